The third-order valence-corrected chi connectivity index (χ3v) is 3.15. The number of hydrogen-bond acceptors (Lipinski definition) is 4. The van der Waals surface area contributed by atoms with E-state index in [1.165, 1.54) is 0 Å². The van der Waals surface area contributed by atoms with E-state index in [4.69, 9.17) is 11.5 Å². The van der Waals surface area contributed by atoms with Gasteiger partial charge < -0.3 is 21.5 Å². The molecule has 1 aromatic rings. The highest BCUT2D eigenvalue weighted by atomic mass is 16.3. The van der Waals surface area contributed by atoms with Gasteiger partial charge in [-0.1, -0.05) is 0 Å². The minimum Gasteiger partial charge on any atom is -0.399 e. The van der Waals surface area contributed by atoms with Crippen molar-refractivity contribution in [2.45, 2.75) is 18.9 Å². The fraction of sp³-hybridized carbons (Fsp3) is 0.417. The SMILES string of the molecule is Nc1ccc(C(=O)N2CCC[C@H]2CO)c(N)c1. The first-order valence-electron chi connectivity index (χ1n) is 5.70. The molecule has 1 aliphatic rings. The number of rotatable bonds is 2. The van der Waals surface area contributed by atoms with Crippen molar-refractivity contribution >= 4 is 17.3 Å². The summed E-state index contributed by atoms with van der Waals surface area (Å²) in [5, 5.41) is 9.20. The molecule has 0 bridgehead atoms. The first-order chi connectivity index (χ1) is 8.13. The molecule has 1 heterocycles. The Morgan fingerprint density at radius 1 is 1.47 bits per heavy atom. The van der Waals surface area contributed by atoms with Crippen molar-refractivity contribution in [2.24, 2.45) is 0 Å². The average Bonchev–Trinajstić information content (AvgIpc) is 2.76. The first-order valence-corrected chi connectivity index (χ1v) is 5.70. The van der Waals surface area contributed by atoms with Crippen LogP contribution in [0.25, 0.3) is 0 Å². The second-order valence-electron chi connectivity index (χ2n) is 4.32. The average molecular weight is 235 g/mol. The van der Waals surface area contributed by atoms with Gasteiger partial charge in [-0.3, -0.25) is 4.79 Å². The van der Waals surface area contributed by atoms with Gasteiger partial charge in [0.2, 0.25) is 0 Å². The predicted octanol–water partition coefficient (Wildman–Crippen LogP) is 0.448. The number of nitrogens with zero attached hydrogens (tertiary/aromatic N) is 1. The number of hydrogen-bond donors (Lipinski definition) is 3. The summed E-state index contributed by atoms with van der Waals surface area (Å²) in [6.45, 7) is 0.675. The molecule has 1 aromatic carbocycles. The Balaban J connectivity index is 2.24. The third kappa shape index (κ3) is 2.19. The molecule has 1 saturated heterocycles. The van der Waals surface area contributed by atoms with Crippen molar-refractivity contribution in [1.82, 2.24) is 4.90 Å². The van der Waals surface area contributed by atoms with Crippen LogP contribution >= 0.6 is 0 Å². The van der Waals surface area contributed by atoms with E-state index in [1.54, 1.807) is 23.1 Å². The molecule has 0 radical (unpaired) electrons. The smallest absolute Gasteiger partial charge is 0.256 e. The summed E-state index contributed by atoms with van der Waals surface area (Å²) in [6.07, 6.45) is 1.77. The zero-order valence-corrected chi connectivity index (χ0v) is 9.60. The van der Waals surface area contributed by atoms with Gasteiger partial charge in [-0.2, -0.15) is 0 Å². The van der Waals surface area contributed by atoms with E-state index in [2.05, 4.69) is 0 Å². The molecule has 0 unspecified atom stereocenters. The Kier molecular flexibility index (Phi) is 3.19. The highest BCUT2D eigenvalue weighted by molar-refractivity contribution is 6.00. The lowest BCUT2D eigenvalue weighted by molar-refractivity contribution is 0.0678. The second-order valence-corrected chi connectivity index (χ2v) is 4.32. The van der Waals surface area contributed by atoms with Crippen molar-refractivity contribution in [3.8, 4) is 0 Å². The number of nitrogens with two attached hydrogens (primary N) is 2. The van der Waals surface area contributed by atoms with Gasteiger partial charge in [-0.25, -0.2) is 0 Å². The van der Waals surface area contributed by atoms with E-state index in [1.807, 2.05) is 0 Å². The lowest BCUT2D eigenvalue weighted by Crippen LogP contribution is -2.37. The fourth-order valence-electron chi connectivity index (χ4n) is 2.22. The van der Waals surface area contributed by atoms with E-state index in [9.17, 15) is 9.90 Å². The molecule has 0 aromatic heterocycles. The fourth-order valence-corrected chi connectivity index (χ4v) is 2.22. The maximum atomic E-state index is 12.2. The van der Waals surface area contributed by atoms with Gasteiger partial charge in [-0.05, 0) is 31.0 Å². The molecule has 0 aliphatic carbocycles. The number of carbonyl (C=O) groups excluding carboxylic acids is 1. The van der Waals surface area contributed by atoms with Crippen molar-refractivity contribution in [3.63, 3.8) is 0 Å². The Labute approximate surface area is 100 Å². The first kappa shape index (κ1) is 11.7. The predicted molar refractivity (Wildman–Crippen MR) is 66.4 cm³/mol. The minimum atomic E-state index is -0.126. The van der Waals surface area contributed by atoms with E-state index >= 15 is 0 Å². The molecule has 92 valence electrons. The number of benzene rings is 1. The van der Waals surface area contributed by atoms with Gasteiger partial charge in [0, 0.05) is 17.9 Å². The Morgan fingerprint density at radius 2 is 2.24 bits per heavy atom. The van der Waals surface area contributed by atoms with Crippen LogP contribution in [0.15, 0.2) is 18.2 Å². The Morgan fingerprint density at radius 3 is 2.88 bits per heavy atom. The third-order valence-electron chi connectivity index (χ3n) is 3.15. The molecular formula is C12H17N3O2. The van der Waals surface area contributed by atoms with E-state index in [-0.39, 0.29) is 18.6 Å². The Hall–Kier alpha value is -1.75. The van der Waals surface area contributed by atoms with Crippen LogP contribution < -0.4 is 11.5 Å². The van der Waals surface area contributed by atoms with Crippen molar-refractivity contribution in [2.75, 3.05) is 24.6 Å². The van der Waals surface area contributed by atoms with Gasteiger partial charge in [0.1, 0.15) is 0 Å². The van der Waals surface area contributed by atoms with E-state index in [0.717, 1.165) is 12.8 Å². The van der Waals surface area contributed by atoms with Crippen LogP contribution in [0, 0.1) is 0 Å². The van der Waals surface area contributed by atoms with Crippen LogP contribution in [-0.2, 0) is 0 Å². The molecule has 2 rings (SSSR count). The highest BCUT2D eigenvalue weighted by Gasteiger charge is 2.29. The molecule has 0 spiro atoms. The van der Waals surface area contributed by atoms with Crippen LogP contribution in [-0.4, -0.2) is 35.1 Å². The topological polar surface area (TPSA) is 92.6 Å². The number of nitrogen functional groups attached to an aromatic ring is 2. The summed E-state index contributed by atoms with van der Waals surface area (Å²) < 4.78 is 0. The molecule has 17 heavy (non-hydrogen) atoms. The van der Waals surface area contributed by atoms with Crippen LogP contribution in [0.5, 0.6) is 0 Å². The maximum Gasteiger partial charge on any atom is 0.256 e. The van der Waals surface area contributed by atoms with Crippen LogP contribution in [0.1, 0.15) is 23.2 Å². The number of likely N-dealkylation sites (tertiary alicyclic amines) is 1. The largest absolute Gasteiger partial charge is 0.399 e. The number of aliphatic hydroxyl groups excluding tert-OH is 1. The molecule has 0 saturated carbocycles. The maximum absolute atomic E-state index is 12.2. The van der Waals surface area contributed by atoms with Crippen molar-refractivity contribution in [1.29, 1.82) is 0 Å². The molecule has 1 aliphatic heterocycles. The van der Waals surface area contributed by atoms with Crippen LogP contribution in [0.3, 0.4) is 0 Å². The summed E-state index contributed by atoms with van der Waals surface area (Å²) in [4.78, 5) is 13.9. The van der Waals surface area contributed by atoms with E-state index < -0.39 is 0 Å². The van der Waals surface area contributed by atoms with Crippen LogP contribution in [0.2, 0.25) is 0 Å². The summed E-state index contributed by atoms with van der Waals surface area (Å²) >= 11 is 0. The van der Waals surface area contributed by atoms with Gasteiger partial charge >= 0.3 is 0 Å². The van der Waals surface area contributed by atoms with Crippen LogP contribution in [0.4, 0.5) is 11.4 Å². The normalized spacial score (nSPS) is 19.6. The summed E-state index contributed by atoms with van der Waals surface area (Å²) in [5.41, 5.74) is 12.8. The molecule has 5 N–H and O–H groups in total. The number of aliphatic hydroxyl groups is 1. The van der Waals surface area contributed by atoms with Crippen molar-refractivity contribution < 1.29 is 9.90 Å². The highest BCUT2D eigenvalue weighted by Crippen LogP contribution is 2.23. The minimum absolute atomic E-state index is 0.000612. The lowest BCUT2D eigenvalue weighted by atomic mass is 10.1. The zero-order valence-electron chi connectivity index (χ0n) is 9.60. The van der Waals surface area contributed by atoms with E-state index in [0.29, 0.717) is 23.5 Å². The van der Waals surface area contributed by atoms with Gasteiger partial charge in [0.05, 0.1) is 18.2 Å². The number of carbonyl (C=O) groups is 1. The number of amides is 1. The summed E-state index contributed by atoms with van der Waals surface area (Å²) in [6, 6.07) is 4.80. The molecule has 5 heteroatoms. The standard InChI is InChI=1S/C12H17N3O2/c13-8-3-4-10(11(14)6-8)12(17)15-5-1-2-9(15)7-16/h3-4,6,9,16H,1-2,5,7,13-14H2/t9-/m0/s1. The quantitative estimate of drug-likeness (QED) is 0.649. The summed E-state index contributed by atoms with van der Waals surface area (Å²) in [7, 11) is 0. The molecule has 1 amide bonds. The van der Waals surface area contributed by atoms with Gasteiger partial charge in [0.15, 0.2) is 0 Å². The van der Waals surface area contributed by atoms with Crippen molar-refractivity contribution in [3.05, 3.63) is 23.8 Å². The molecule has 1 fully saturated rings. The van der Waals surface area contributed by atoms with Gasteiger partial charge in [-0.15, -0.1) is 0 Å². The monoisotopic (exact) mass is 235 g/mol. The molecule has 1 atom stereocenters. The second kappa shape index (κ2) is 4.63. The van der Waals surface area contributed by atoms with Gasteiger partial charge in [0.25, 0.3) is 5.91 Å². The lowest BCUT2D eigenvalue weighted by Gasteiger charge is -2.23. The summed E-state index contributed by atoms with van der Waals surface area (Å²) in [5.74, 6) is -0.126. The molecule has 5 nitrogen and oxygen atoms in total. The number of anilines is 2. The zero-order chi connectivity index (χ0) is 12.4. The molecular weight excluding hydrogens is 218 g/mol. The Bertz CT molecular complexity index is 434.